The summed E-state index contributed by atoms with van der Waals surface area (Å²) in [6.07, 6.45) is -11.5. The van der Waals surface area contributed by atoms with Crippen LogP contribution < -0.4 is 10.6 Å². The number of hydrogen-bond acceptors (Lipinski definition) is 2. The molecule has 0 spiro atoms. The summed E-state index contributed by atoms with van der Waals surface area (Å²) in [5, 5.41) is 13.6. The molecule has 1 rings (SSSR count). The van der Waals surface area contributed by atoms with E-state index in [0.717, 1.165) is 13.1 Å². The van der Waals surface area contributed by atoms with Crippen LogP contribution >= 0.6 is 0 Å². The fourth-order valence-corrected chi connectivity index (χ4v) is 2.17. The first-order valence-corrected chi connectivity index (χ1v) is 6.87. The van der Waals surface area contributed by atoms with Crippen molar-refractivity contribution in [3.8, 4) is 0 Å². The van der Waals surface area contributed by atoms with Gasteiger partial charge in [-0.25, -0.2) is 4.79 Å². The van der Waals surface area contributed by atoms with Gasteiger partial charge in [0.1, 0.15) is 0 Å². The zero-order valence-corrected chi connectivity index (χ0v) is 12.8. The van der Waals surface area contributed by atoms with Crippen molar-refractivity contribution in [2.45, 2.75) is 37.7 Å². The summed E-state index contributed by atoms with van der Waals surface area (Å²) < 4.78 is 78.6. The number of nitrogens with one attached hydrogen (secondary N) is 2. The number of amides is 2. The Morgan fingerprint density at radius 3 is 2.08 bits per heavy atom. The van der Waals surface area contributed by atoms with Crippen LogP contribution in [-0.2, 0) is 12.0 Å². The Kier molecular flexibility index (Phi) is 5.75. The first kappa shape index (κ1) is 20.1. The highest BCUT2D eigenvalue weighted by Gasteiger charge is 2.72. The molecular formula is C14H16F6N2O2. The SMILES string of the molecule is CCCc1cccc(C(O)(C(F)(F)F)C(F)(F)F)c1NC(=O)NC. The number of anilines is 1. The van der Waals surface area contributed by atoms with Gasteiger partial charge in [-0.3, -0.25) is 0 Å². The molecule has 0 aliphatic rings. The van der Waals surface area contributed by atoms with Crippen LogP contribution in [0.2, 0.25) is 0 Å². The van der Waals surface area contributed by atoms with Gasteiger partial charge in [-0.1, -0.05) is 31.5 Å². The maximum atomic E-state index is 13.1. The summed E-state index contributed by atoms with van der Waals surface area (Å²) in [4.78, 5) is 11.4. The summed E-state index contributed by atoms with van der Waals surface area (Å²) >= 11 is 0. The topological polar surface area (TPSA) is 61.4 Å². The normalized spacial score (nSPS) is 12.9. The van der Waals surface area contributed by atoms with Gasteiger partial charge in [0.2, 0.25) is 0 Å². The molecule has 0 aliphatic carbocycles. The Hall–Kier alpha value is -1.97. The van der Waals surface area contributed by atoms with Crippen molar-refractivity contribution >= 4 is 11.7 Å². The molecule has 0 fully saturated rings. The Morgan fingerprint density at radius 1 is 1.12 bits per heavy atom. The van der Waals surface area contributed by atoms with Crippen molar-refractivity contribution in [3.05, 3.63) is 29.3 Å². The van der Waals surface area contributed by atoms with E-state index >= 15 is 0 Å². The molecule has 10 heteroatoms. The standard InChI is InChI=1S/C14H16F6N2O2/c1-3-5-8-6-4-7-9(10(8)22-11(23)21-2)12(24,13(15,16)17)14(18,19)20/h4,6-7,24H,3,5H2,1-2H3,(H2,21,22,23). The van der Waals surface area contributed by atoms with Gasteiger partial charge in [-0.2, -0.15) is 26.3 Å². The van der Waals surface area contributed by atoms with E-state index < -0.39 is 35.2 Å². The van der Waals surface area contributed by atoms with Crippen LogP contribution in [0.4, 0.5) is 36.8 Å². The number of alkyl halides is 6. The van der Waals surface area contributed by atoms with Crippen molar-refractivity contribution in [2.75, 3.05) is 12.4 Å². The van der Waals surface area contributed by atoms with Gasteiger partial charge in [-0.05, 0) is 12.0 Å². The van der Waals surface area contributed by atoms with Gasteiger partial charge >= 0.3 is 18.4 Å². The molecule has 0 heterocycles. The third-order valence-corrected chi connectivity index (χ3v) is 3.35. The predicted molar refractivity (Wildman–Crippen MR) is 74.5 cm³/mol. The van der Waals surface area contributed by atoms with Crippen LogP contribution in [0.5, 0.6) is 0 Å². The van der Waals surface area contributed by atoms with Crippen molar-refractivity contribution in [2.24, 2.45) is 0 Å². The van der Waals surface area contributed by atoms with E-state index in [0.29, 0.717) is 12.5 Å². The van der Waals surface area contributed by atoms with E-state index in [-0.39, 0.29) is 12.0 Å². The van der Waals surface area contributed by atoms with Crippen LogP contribution in [0.3, 0.4) is 0 Å². The number of rotatable bonds is 4. The fraction of sp³-hybridized carbons (Fsp3) is 0.500. The average Bonchev–Trinajstić information content (AvgIpc) is 2.45. The van der Waals surface area contributed by atoms with E-state index in [2.05, 4.69) is 0 Å². The molecular weight excluding hydrogens is 342 g/mol. The highest BCUT2D eigenvalue weighted by atomic mass is 19.4. The minimum absolute atomic E-state index is 0.0468. The van der Waals surface area contributed by atoms with E-state index in [1.807, 2.05) is 10.6 Å². The molecule has 3 N–H and O–H groups in total. The number of para-hydroxylation sites is 1. The van der Waals surface area contributed by atoms with Gasteiger partial charge < -0.3 is 15.7 Å². The average molecular weight is 358 g/mol. The van der Waals surface area contributed by atoms with Crippen molar-refractivity contribution in [3.63, 3.8) is 0 Å². The second-order valence-electron chi connectivity index (χ2n) is 5.00. The van der Waals surface area contributed by atoms with E-state index in [9.17, 15) is 36.2 Å². The zero-order valence-electron chi connectivity index (χ0n) is 12.8. The molecule has 0 radical (unpaired) electrons. The Labute approximate surface area is 133 Å². The highest BCUT2D eigenvalue weighted by Crippen LogP contribution is 2.52. The molecule has 4 nitrogen and oxygen atoms in total. The van der Waals surface area contributed by atoms with Gasteiger partial charge in [0.05, 0.1) is 5.69 Å². The molecule has 0 saturated heterocycles. The van der Waals surface area contributed by atoms with Crippen LogP contribution in [0.15, 0.2) is 18.2 Å². The molecule has 0 saturated carbocycles. The molecule has 0 unspecified atom stereocenters. The minimum atomic E-state index is -6.03. The number of carbonyl (C=O) groups excluding carboxylic acids is 1. The quantitative estimate of drug-likeness (QED) is 0.719. The van der Waals surface area contributed by atoms with Crippen LogP contribution in [-0.4, -0.2) is 30.5 Å². The Morgan fingerprint density at radius 2 is 1.67 bits per heavy atom. The first-order valence-electron chi connectivity index (χ1n) is 6.87. The lowest BCUT2D eigenvalue weighted by molar-refractivity contribution is -0.376. The predicted octanol–water partition coefficient (Wildman–Crippen LogP) is 3.70. The second kappa shape index (κ2) is 6.88. The van der Waals surface area contributed by atoms with E-state index in [1.54, 1.807) is 6.92 Å². The monoisotopic (exact) mass is 358 g/mol. The van der Waals surface area contributed by atoms with Crippen LogP contribution in [0.1, 0.15) is 24.5 Å². The Bertz CT molecular complexity index is 584. The second-order valence-corrected chi connectivity index (χ2v) is 5.00. The molecule has 0 bridgehead atoms. The molecule has 136 valence electrons. The molecule has 0 aliphatic heterocycles. The maximum Gasteiger partial charge on any atom is 0.430 e. The third kappa shape index (κ3) is 3.58. The smallest absolute Gasteiger partial charge is 0.369 e. The first-order chi connectivity index (χ1) is 10.9. The Balaban J connectivity index is 3.71. The molecule has 2 amide bonds. The van der Waals surface area contributed by atoms with Crippen molar-refractivity contribution in [1.82, 2.24) is 5.32 Å². The number of halogens is 6. The minimum Gasteiger partial charge on any atom is -0.369 e. The van der Waals surface area contributed by atoms with Gasteiger partial charge in [0.15, 0.2) is 0 Å². The lowest BCUT2D eigenvalue weighted by atomic mass is 9.88. The summed E-state index contributed by atoms with van der Waals surface area (Å²) in [6, 6.07) is 1.74. The summed E-state index contributed by atoms with van der Waals surface area (Å²) in [5.41, 5.74) is -7.25. The van der Waals surface area contributed by atoms with Crippen molar-refractivity contribution in [1.29, 1.82) is 0 Å². The van der Waals surface area contributed by atoms with E-state index in [1.165, 1.54) is 6.07 Å². The number of urea groups is 1. The number of aryl methyl sites for hydroxylation is 1. The largest absolute Gasteiger partial charge is 0.430 e. The zero-order chi connectivity index (χ0) is 18.8. The van der Waals surface area contributed by atoms with Crippen LogP contribution in [0.25, 0.3) is 0 Å². The number of hydrogen-bond donors (Lipinski definition) is 3. The molecule has 1 aromatic rings. The third-order valence-electron chi connectivity index (χ3n) is 3.35. The molecule has 1 aromatic carbocycles. The summed E-state index contributed by atoms with van der Waals surface area (Å²) in [7, 11) is 1.15. The number of benzene rings is 1. The number of carbonyl (C=O) groups is 1. The summed E-state index contributed by atoms with van der Waals surface area (Å²) in [5.74, 6) is 0. The van der Waals surface area contributed by atoms with Gasteiger partial charge in [0.25, 0.3) is 5.60 Å². The van der Waals surface area contributed by atoms with Crippen LogP contribution in [0, 0.1) is 0 Å². The lowest BCUT2D eigenvalue weighted by Crippen LogP contribution is -2.54. The van der Waals surface area contributed by atoms with Gasteiger partial charge in [-0.15, -0.1) is 0 Å². The molecule has 0 aromatic heterocycles. The summed E-state index contributed by atoms with van der Waals surface area (Å²) in [6.45, 7) is 1.66. The highest BCUT2D eigenvalue weighted by molar-refractivity contribution is 5.91. The maximum absolute atomic E-state index is 13.1. The lowest BCUT2D eigenvalue weighted by Gasteiger charge is -2.34. The van der Waals surface area contributed by atoms with E-state index in [4.69, 9.17) is 0 Å². The molecule has 0 atom stereocenters. The number of aliphatic hydroxyl groups is 1. The molecule has 24 heavy (non-hydrogen) atoms. The van der Waals surface area contributed by atoms with Crippen molar-refractivity contribution < 1.29 is 36.2 Å². The van der Waals surface area contributed by atoms with Gasteiger partial charge in [0, 0.05) is 12.6 Å². The fourth-order valence-electron chi connectivity index (χ4n) is 2.17.